The molecule has 0 amide bonds. The summed E-state index contributed by atoms with van der Waals surface area (Å²) in [5.74, 6) is -0.287. The fraction of sp³-hybridized carbons (Fsp3) is 0.750. The Bertz CT molecular complexity index is 205. The van der Waals surface area contributed by atoms with Gasteiger partial charge in [0, 0.05) is 18.7 Å². The number of unbranched alkanes of at least 4 members (excludes halogenated alkanes) is 3. The van der Waals surface area contributed by atoms with Gasteiger partial charge in [-0.2, -0.15) is 0 Å². The molecule has 0 rings (SSSR count). The second kappa shape index (κ2) is 10.6. The van der Waals surface area contributed by atoms with E-state index < -0.39 is 0 Å². The molecule has 16 heavy (non-hydrogen) atoms. The van der Waals surface area contributed by atoms with Crippen molar-refractivity contribution in [3.8, 4) is 0 Å². The summed E-state index contributed by atoms with van der Waals surface area (Å²) in [7, 11) is 0. The van der Waals surface area contributed by atoms with Gasteiger partial charge in [0.15, 0.2) is 0 Å². The first-order chi connectivity index (χ1) is 7.68. The minimum absolute atomic E-state index is 0.287. The maximum absolute atomic E-state index is 11.0. The van der Waals surface area contributed by atoms with Gasteiger partial charge in [0.05, 0.1) is 6.61 Å². The normalized spacial score (nSPS) is 10.1. The molecule has 0 unspecified atom stereocenters. The largest absolute Gasteiger partial charge is 0.462 e. The van der Waals surface area contributed by atoms with Crippen LogP contribution in [0.2, 0.25) is 0 Å². The van der Waals surface area contributed by atoms with Gasteiger partial charge < -0.3 is 15.8 Å². The fourth-order valence-electron chi connectivity index (χ4n) is 1.22. The zero-order chi connectivity index (χ0) is 12.2. The maximum Gasteiger partial charge on any atom is 0.333 e. The quantitative estimate of drug-likeness (QED) is 0.335. The molecule has 94 valence electrons. The molecule has 3 N–H and O–H groups in total. The molecule has 0 aromatic rings. The molecule has 0 aliphatic carbocycles. The first-order valence-corrected chi connectivity index (χ1v) is 5.92. The highest BCUT2D eigenvalue weighted by Gasteiger charge is 2.01. The summed E-state index contributed by atoms with van der Waals surface area (Å²) in [5, 5.41) is 3.24. The van der Waals surface area contributed by atoms with Gasteiger partial charge in [0.2, 0.25) is 0 Å². The van der Waals surface area contributed by atoms with Gasteiger partial charge in [-0.1, -0.05) is 19.4 Å². The van der Waals surface area contributed by atoms with Crippen molar-refractivity contribution in [1.82, 2.24) is 5.32 Å². The lowest BCUT2D eigenvalue weighted by Crippen LogP contribution is -2.23. The Morgan fingerprint density at radius 2 is 1.94 bits per heavy atom. The number of carbonyl (C=O) groups excluding carboxylic acids is 1. The third-order valence-electron chi connectivity index (χ3n) is 2.15. The predicted octanol–water partition coefficient (Wildman–Crippen LogP) is 1.21. The molecule has 0 saturated heterocycles. The minimum atomic E-state index is -0.287. The highest BCUT2D eigenvalue weighted by molar-refractivity contribution is 5.86. The standard InChI is InChI=1S/C12H24N2O2/c1-11(2)12(15)16-10-6-4-3-5-8-14-9-7-13/h14H,1,3-10,13H2,2H3. The molecule has 0 bridgehead atoms. The van der Waals surface area contributed by atoms with Gasteiger partial charge in [-0.05, 0) is 26.3 Å². The highest BCUT2D eigenvalue weighted by Crippen LogP contribution is 2.00. The zero-order valence-electron chi connectivity index (χ0n) is 10.3. The van der Waals surface area contributed by atoms with Crippen molar-refractivity contribution in [3.63, 3.8) is 0 Å². The lowest BCUT2D eigenvalue weighted by molar-refractivity contribution is -0.139. The maximum atomic E-state index is 11.0. The second-order valence-electron chi connectivity index (χ2n) is 3.87. The minimum Gasteiger partial charge on any atom is -0.462 e. The monoisotopic (exact) mass is 228 g/mol. The fourth-order valence-corrected chi connectivity index (χ4v) is 1.22. The number of carbonyl (C=O) groups is 1. The third-order valence-corrected chi connectivity index (χ3v) is 2.15. The van der Waals surface area contributed by atoms with E-state index in [4.69, 9.17) is 10.5 Å². The average Bonchev–Trinajstić information content (AvgIpc) is 2.26. The van der Waals surface area contributed by atoms with Crippen LogP contribution >= 0.6 is 0 Å². The molecule has 0 saturated carbocycles. The third kappa shape index (κ3) is 9.68. The van der Waals surface area contributed by atoms with Crippen molar-refractivity contribution in [2.24, 2.45) is 5.73 Å². The van der Waals surface area contributed by atoms with E-state index in [1.54, 1.807) is 6.92 Å². The number of esters is 1. The molecular weight excluding hydrogens is 204 g/mol. The number of ether oxygens (including phenoxy) is 1. The molecule has 0 aromatic heterocycles. The zero-order valence-corrected chi connectivity index (χ0v) is 10.3. The van der Waals surface area contributed by atoms with Crippen LogP contribution in [0.15, 0.2) is 12.2 Å². The summed E-state index contributed by atoms with van der Waals surface area (Å²) in [6.07, 6.45) is 4.32. The van der Waals surface area contributed by atoms with E-state index in [0.717, 1.165) is 38.8 Å². The van der Waals surface area contributed by atoms with Crippen LogP contribution in [0.4, 0.5) is 0 Å². The summed E-state index contributed by atoms with van der Waals surface area (Å²) >= 11 is 0. The van der Waals surface area contributed by atoms with E-state index in [9.17, 15) is 4.79 Å². The van der Waals surface area contributed by atoms with Crippen LogP contribution in [-0.2, 0) is 9.53 Å². The first-order valence-electron chi connectivity index (χ1n) is 5.92. The summed E-state index contributed by atoms with van der Waals surface area (Å²) in [5.41, 5.74) is 5.81. The van der Waals surface area contributed by atoms with E-state index in [1.807, 2.05) is 0 Å². The number of rotatable bonds is 10. The van der Waals surface area contributed by atoms with Crippen LogP contribution in [0.25, 0.3) is 0 Å². The van der Waals surface area contributed by atoms with Crippen LogP contribution in [0.5, 0.6) is 0 Å². The summed E-state index contributed by atoms with van der Waals surface area (Å²) < 4.78 is 4.98. The van der Waals surface area contributed by atoms with Gasteiger partial charge in [0.1, 0.15) is 0 Å². The molecule has 4 heteroatoms. The molecule has 0 aromatic carbocycles. The Kier molecular flexibility index (Phi) is 10.1. The molecule has 0 aliphatic rings. The van der Waals surface area contributed by atoms with Crippen LogP contribution in [0.1, 0.15) is 32.6 Å². The lowest BCUT2D eigenvalue weighted by Gasteiger charge is -2.04. The molecular formula is C12H24N2O2. The Morgan fingerprint density at radius 3 is 2.56 bits per heavy atom. The Balaban J connectivity index is 3.10. The van der Waals surface area contributed by atoms with E-state index in [1.165, 1.54) is 0 Å². The molecule has 0 aliphatic heterocycles. The Morgan fingerprint density at radius 1 is 1.25 bits per heavy atom. The topological polar surface area (TPSA) is 64.3 Å². The SMILES string of the molecule is C=C(C)C(=O)OCCCCCCNCCN. The van der Waals surface area contributed by atoms with Crippen LogP contribution in [0, 0.1) is 0 Å². The van der Waals surface area contributed by atoms with Gasteiger partial charge in [-0.25, -0.2) is 4.79 Å². The van der Waals surface area contributed by atoms with E-state index in [2.05, 4.69) is 11.9 Å². The lowest BCUT2D eigenvalue weighted by atomic mass is 10.2. The molecule has 0 radical (unpaired) electrons. The van der Waals surface area contributed by atoms with Crippen molar-refractivity contribution >= 4 is 5.97 Å². The van der Waals surface area contributed by atoms with Crippen molar-refractivity contribution in [2.75, 3.05) is 26.2 Å². The van der Waals surface area contributed by atoms with Gasteiger partial charge in [-0.15, -0.1) is 0 Å². The van der Waals surface area contributed by atoms with E-state index >= 15 is 0 Å². The smallest absolute Gasteiger partial charge is 0.333 e. The van der Waals surface area contributed by atoms with Crippen LogP contribution in [-0.4, -0.2) is 32.2 Å². The number of nitrogens with one attached hydrogen (secondary N) is 1. The Hall–Kier alpha value is -0.870. The second-order valence-corrected chi connectivity index (χ2v) is 3.87. The van der Waals surface area contributed by atoms with Crippen molar-refractivity contribution in [3.05, 3.63) is 12.2 Å². The number of hydrogen-bond donors (Lipinski definition) is 2. The summed E-state index contributed by atoms with van der Waals surface area (Å²) in [4.78, 5) is 11.0. The van der Waals surface area contributed by atoms with E-state index in [-0.39, 0.29) is 5.97 Å². The van der Waals surface area contributed by atoms with Gasteiger partial charge in [-0.3, -0.25) is 0 Å². The summed E-state index contributed by atoms with van der Waals surface area (Å²) in [6, 6.07) is 0. The number of nitrogens with two attached hydrogens (primary N) is 1. The predicted molar refractivity (Wildman–Crippen MR) is 66.2 cm³/mol. The molecule has 0 spiro atoms. The first kappa shape index (κ1) is 15.1. The van der Waals surface area contributed by atoms with Crippen LogP contribution < -0.4 is 11.1 Å². The summed E-state index contributed by atoms with van der Waals surface area (Å²) in [6.45, 7) is 8.27. The van der Waals surface area contributed by atoms with Gasteiger partial charge >= 0.3 is 5.97 Å². The average molecular weight is 228 g/mol. The van der Waals surface area contributed by atoms with Crippen molar-refractivity contribution < 1.29 is 9.53 Å². The molecule has 4 nitrogen and oxygen atoms in total. The molecule has 0 fully saturated rings. The highest BCUT2D eigenvalue weighted by atomic mass is 16.5. The van der Waals surface area contributed by atoms with Crippen molar-refractivity contribution in [1.29, 1.82) is 0 Å². The molecule has 0 heterocycles. The van der Waals surface area contributed by atoms with Gasteiger partial charge in [0.25, 0.3) is 0 Å². The van der Waals surface area contributed by atoms with Crippen LogP contribution in [0.3, 0.4) is 0 Å². The Labute approximate surface area is 98.2 Å². The van der Waals surface area contributed by atoms with E-state index in [0.29, 0.717) is 18.7 Å². The van der Waals surface area contributed by atoms with Crippen molar-refractivity contribution in [2.45, 2.75) is 32.6 Å². The molecule has 0 atom stereocenters. The number of hydrogen-bond acceptors (Lipinski definition) is 4.